The van der Waals surface area contributed by atoms with Crippen LogP contribution in [0.3, 0.4) is 0 Å². The van der Waals surface area contributed by atoms with Crippen molar-refractivity contribution < 1.29 is 23.9 Å². The van der Waals surface area contributed by atoms with Gasteiger partial charge in [0.25, 0.3) is 5.91 Å². The Morgan fingerprint density at radius 3 is 2.36 bits per heavy atom. The van der Waals surface area contributed by atoms with Crippen molar-refractivity contribution in [1.29, 1.82) is 0 Å². The molecule has 0 radical (unpaired) electrons. The zero-order valence-electron chi connectivity index (χ0n) is 15.0. The van der Waals surface area contributed by atoms with Gasteiger partial charge in [-0.3, -0.25) is 9.59 Å². The Morgan fingerprint density at radius 1 is 1.08 bits per heavy atom. The molecule has 25 heavy (non-hydrogen) atoms. The van der Waals surface area contributed by atoms with E-state index >= 15 is 0 Å². The second-order valence-corrected chi connectivity index (χ2v) is 6.28. The maximum atomic E-state index is 12.2. The van der Waals surface area contributed by atoms with Gasteiger partial charge in [-0.1, -0.05) is 6.07 Å². The van der Waals surface area contributed by atoms with Crippen molar-refractivity contribution in [2.45, 2.75) is 33.6 Å². The molecule has 0 atom stereocenters. The third kappa shape index (κ3) is 5.05. The van der Waals surface area contributed by atoms with Crippen LogP contribution in [0.5, 0.6) is 0 Å². The van der Waals surface area contributed by atoms with Gasteiger partial charge in [-0.15, -0.1) is 0 Å². The van der Waals surface area contributed by atoms with Crippen LogP contribution in [0, 0.1) is 19.8 Å². The zero-order chi connectivity index (χ0) is 18.4. The van der Waals surface area contributed by atoms with Crippen LogP contribution in [-0.4, -0.2) is 49.0 Å². The van der Waals surface area contributed by atoms with Crippen LogP contribution in [0.2, 0.25) is 0 Å². The SMILES string of the molecule is CCOC(=O)C1CCN(C(=O)COC(=O)c2ccc(C)c(C)c2)CC1. The number of piperidine rings is 1. The fourth-order valence-electron chi connectivity index (χ4n) is 2.79. The number of likely N-dealkylation sites (tertiary alicyclic amines) is 1. The standard InChI is InChI=1S/C19H25NO5/c1-4-24-18(22)15-7-9-20(10-8-15)17(21)12-25-19(23)16-6-5-13(2)14(3)11-16/h5-6,11,15H,4,7-10,12H2,1-3H3. The van der Waals surface area contributed by atoms with Gasteiger partial charge in [-0.05, 0) is 56.9 Å². The van der Waals surface area contributed by atoms with Gasteiger partial charge in [0.2, 0.25) is 0 Å². The van der Waals surface area contributed by atoms with Crippen LogP contribution in [0.25, 0.3) is 0 Å². The summed E-state index contributed by atoms with van der Waals surface area (Å²) in [7, 11) is 0. The summed E-state index contributed by atoms with van der Waals surface area (Å²) in [5.74, 6) is -1.09. The number of hydrogen-bond acceptors (Lipinski definition) is 5. The topological polar surface area (TPSA) is 72.9 Å². The highest BCUT2D eigenvalue weighted by Gasteiger charge is 2.28. The number of aryl methyl sites for hydroxylation is 2. The minimum Gasteiger partial charge on any atom is -0.466 e. The minimum absolute atomic E-state index is 0.151. The van der Waals surface area contributed by atoms with E-state index in [9.17, 15) is 14.4 Å². The van der Waals surface area contributed by atoms with E-state index in [0.717, 1.165) is 11.1 Å². The Labute approximate surface area is 148 Å². The lowest BCUT2D eigenvalue weighted by molar-refractivity contribution is -0.151. The molecule has 0 aliphatic carbocycles. The molecule has 1 fully saturated rings. The Kier molecular flexibility index (Phi) is 6.56. The average molecular weight is 347 g/mol. The maximum Gasteiger partial charge on any atom is 0.338 e. The third-order valence-electron chi connectivity index (χ3n) is 4.54. The third-order valence-corrected chi connectivity index (χ3v) is 4.54. The summed E-state index contributed by atoms with van der Waals surface area (Å²) in [4.78, 5) is 37.6. The zero-order valence-corrected chi connectivity index (χ0v) is 15.0. The number of rotatable bonds is 5. The molecule has 0 saturated carbocycles. The molecule has 1 heterocycles. The van der Waals surface area contributed by atoms with E-state index in [1.165, 1.54) is 0 Å². The number of carbonyl (C=O) groups is 3. The van der Waals surface area contributed by atoms with Gasteiger partial charge in [0.15, 0.2) is 6.61 Å². The van der Waals surface area contributed by atoms with E-state index in [1.807, 2.05) is 19.9 Å². The van der Waals surface area contributed by atoms with Crippen molar-refractivity contribution in [3.05, 3.63) is 34.9 Å². The summed E-state index contributed by atoms with van der Waals surface area (Å²) < 4.78 is 10.1. The molecule has 6 heteroatoms. The average Bonchev–Trinajstić information content (AvgIpc) is 2.62. The van der Waals surface area contributed by atoms with Crippen LogP contribution < -0.4 is 0 Å². The van der Waals surface area contributed by atoms with Crippen LogP contribution in [0.15, 0.2) is 18.2 Å². The van der Waals surface area contributed by atoms with E-state index in [4.69, 9.17) is 9.47 Å². The summed E-state index contributed by atoms with van der Waals surface area (Å²) in [6, 6.07) is 5.31. The number of carbonyl (C=O) groups excluding carboxylic acids is 3. The molecule has 0 bridgehead atoms. The molecular weight excluding hydrogens is 322 g/mol. The largest absolute Gasteiger partial charge is 0.466 e. The van der Waals surface area contributed by atoms with E-state index < -0.39 is 5.97 Å². The van der Waals surface area contributed by atoms with Gasteiger partial charge in [0.1, 0.15) is 0 Å². The second-order valence-electron chi connectivity index (χ2n) is 6.28. The van der Waals surface area contributed by atoms with Crippen LogP contribution in [0.1, 0.15) is 41.3 Å². The second kappa shape index (κ2) is 8.65. The first-order valence-corrected chi connectivity index (χ1v) is 8.61. The Balaban J connectivity index is 1.80. The van der Waals surface area contributed by atoms with Crippen LogP contribution in [-0.2, 0) is 19.1 Å². The quantitative estimate of drug-likeness (QED) is 0.764. The molecule has 0 spiro atoms. The molecule has 6 nitrogen and oxygen atoms in total. The number of esters is 2. The predicted octanol–water partition coefficient (Wildman–Crippen LogP) is 2.26. The minimum atomic E-state index is -0.502. The molecule has 1 saturated heterocycles. The molecule has 1 amide bonds. The molecule has 0 unspecified atom stereocenters. The molecule has 1 aliphatic heterocycles. The number of benzene rings is 1. The number of nitrogens with zero attached hydrogens (tertiary/aromatic N) is 1. The lowest BCUT2D eigenvalue weighted by Crippen LogP contribution is -2.42. The van der Waals surface area contributed by atoms with Gasteiger partial charge >= 0.3 is 11.9 Å². The molecule has 1 aromatic carbocycles. The molecule has 2 rings (SSSR count). The smallest absolute Gasteiger partial charge is 0.338 e. The van der Waals surface area contributed by atoms with Gasteiger partial charge in [0, 0.05) is 13.1 Å². The molecule has 0 N–H and O–H groups in total. The van der Waals surface area contributed by atoms with E-state index in [-0.39, 0.29) is 24.4 Å². The first kappa shape index (κ1) is 19.0. The number of ether oxygens (including phenoxy) is 2. The van der Waals surface area contributed by atoms with Crippen LogP contribution in [0.4, 0.5) is 0 Å². The molecule has 1 aromatic rings. The van der Waals surface area contributed by atoms with Crippen molar-refractivity contribution in [2.24, 2.45) is 5.92 Å². The highest BCUT2D eigenvalue weighted by atomic mass is 16.5. The molecular formula is C19H25NO5. The lowest BCUT2D eigenvalue weighted by atomic mass is 9.97. The van der Waals surface area contributed by atoms with Gasteiger partial charge in [0.05, 0.1) is 18.1 Å². The van der Waals surface area contributed by atoms with Gasteiger partial charge in [-0.2, -0.15) is 0 Å². The van der Waals surface area contributed by atoms with Gasteiger partial charge in [-0.25, -0.2) is 4.79 Å². The monoisotopic (exact) mass is 347 g/mol. The highest BCUT2D eigenvalue weighted by molar-refractivity contribution is 5.91. The highest BCUT2D eigenvalue weighted by Crippen LogP contribution is 2.19. The fourth-order valence-corrected chi connectivity index (χ4v) is 2.79. The molecule has 0 aromatic heterocycles. The Morgan fingerprint density at radius 2 is 1.76 bits per heavy atom. The van der Waals surface area contributed by atoms with Crippen molar-refractivity contribution in [3.8, 4) is 0 Å². The predicted molar refractivity (Wildman–Crippen MR) is 92.1 cm³/mol. The Bertz CT molecular complexity index is 647. The summed E-state index contributed by atoms with van der Waals surface area (Å²) in [6.45, 7) is 6.70. The van der Waals surface area contributed by atoms with E-state index in [0.29, 0.717) is 38.1 Å². The normalized spacial score (nSPS) is 14.9. The van der Waals surface area contributed by atoms with E-state index in [2.05, 4.69) is 0 Å². The summed E-state index contributed by atoms with van der Waals surface area (Å²) >= 11 is 0. The number of amides is 1. The summed E-state index contributed by atoms with van der Waals surface area (Å²) in [5, 5.41) is 0. The summed E-state index contributed by atoms with van der Waals surface area (Å²) in [6.07, 6.45) is 1.16. The van der Waals surface area contributed by atoms with Gasteiger partial charge < -0.3 is 14.4 Å². The van der Waals surface area contributed by atoms with Crippen molar-refractivity contribution in [1.82, 2.24) is 4.90 Å². The molecule has 136 valence electrons. The first-order chi connectivity index (χ1) is 11.9. The van der Waals surface area contributed by atoms with Crippen LogP contribution >= 0.6 is 0 Å². The summed E-state index contributed by atoms with van der Waals surface area (Å²) in [5.41, 5.74) is 2.54. The van der Waals surface area contributed by atoms with Crippen molar-refractivity contribution >= 4 is 17.8 Å². The van der Waals surface area contributed by atoms with Crippen molar-refractivity contribution in [3.63, 3.8) is 0 Å². The first-order valence-electron chi connectivity index (χ1n) is 8.61. The fraction of sp³-hybridized carbons (Fsp3) is 0.526. The Hall–Kier alpha value is -2.37. The van der Waals surface area contributed by atoms with E-state index in [1.54, 1.807) is 24.0 Å². The number of hydrogen-bond donors (Lipinski definition) is 0. The van der Waals surface area contributed by atoms with Crippen molar-refractivity contribution in [2.75, 3.05) is 26.3 Å². The maximum absolute atomic E-state index is 12.2. The molecule has 1 aliphatic rings. The lowest BCUT2D eigenvalue weighted by Gasteiger charge is -2.30.